The van der Waals surface area contributed by atoms with E-state index in [1.165, 1.54) is 10.4 Å². The number of halogens is 2. The molecule has 2 heterocycles. The van der Waals surface area contributed by atoms with Crippen molar-refractivity contribution in [2.75, 3.05) is 56.2 Å². The Morgan fingerprint density at radius 3 is 2.44 bits per heavy atom. The molecule has 1 N–H and O–H groups in total. The lowest BCUT2D eigenvalue weighted by Gasteiger charge is -2.31. The summed E-state index contributed by atoms with van der Waals surface area (Å²) >= 11 is 0. The predicted molar refractivity (Wildman–Crippen MR) is 123 cm³/mol. The minimum Gasteiger partial charge on any atom is -0.481 e. The summed E-state index contributed by atoms with van der Waals surface area (Å²) in [6, 6.07) is 7.47. The zero-order chi connectivity index (χ0) is 24.1. The van der Waals surface area contributed by atoms with Crippen molar-refractivity contribution in [1.82, 2.24) is 4.31 Å². The van der Waals surface area contributed by atoms with Gasteiger partial charge in [0.25, 0.3) is 5.91 Å². The molecule has 11 heteroatoms. The summed E-state index contributed by atoms with van der Waals surface area (Å²) in [4.78, 5) is 14.7. The van der Waals surface area contributed by atoms with Crippen molar-refractivity contribution in [3.8, 4) is 5.75 Å². The summed E-state index contributed by atoms with van der Waals surface area (Å²) in [5.74, 6) is -2.54. The van der Waals surface area contributed by atoms with Crippen LogP contribution in [-0.2, 0) is 19.6 Å². The van der Waals surface area contributed by atoms with Gasteiger partial charge in [0.05, 0.1) is 29.5 Å². The Morgan fingerprint density at radius 1 is 1.00 bits per heavy atom. The SMILES string of the molecule is O=C(COc1ccc(F)cc1F)Nc1cc(S(=O)(=O)N2CCCCC2)ccc1N1CCOCC1. The van der Waals surface area contributed by atoms with Crippen LogP contribution in [0.5, 0.6) is 5.75 Å². The van der Waals surface area contributed by atoms with E-state index in [0.29, 0.717) is 56.8 Å². The fourth-order valence-electron chi connectivity index (χ4n) is 4.03. The number of morpholine rings is 1. The van der Waals surface area contributed by atoms with Gasteiger partial charge in [0.1, 0.15) is 5.82 Å². The first-order valence-corrected chi connectivity index (χ1v) is 12.6. The van der Waals surface area contributed by atoms with Gasteiger partial charge in [-0.05, 0) is 43.2 Å². The molecule has 1 amide bonds. The molecular formula is C23H27F2N3O5S. The Morgan fingerprint density at radius 2 is 1.74 bits per heavy atom. The molecule has 0 unspecified atom stereocenters. The molecule has 34 heavy (non-hydrogen) atoms. The Hall–Kier alpha value is -2.76. The minimum absolute atomic E-state index is 0.0900. The lowest BCUT2D eigenvalue weighted by molar-refractivity contribution is -0.118. The topological polar surface area (TPSA) is 88.2 Å². The third-order valence-corrected chi connectivity index (χ3v) is 7.69. The average molecular weight is 496 g/mol. The standard InChI is InChI=1S/C23H27F2N3O5S/c24-17-4-7-22(19(25)14-17)33-16-23(29)26-20-15-18(34(30,31)28-8-2-1-3-9-28)5-6-21(20)27-10-12-32-13-11-27/h4-7,14-15H,1-3,8-13,16H2,(H,26,29). The monoisotopic (exact) mass is 495 g/mol. The van der Waals surface area contributed by atoms with E-state index in [0.717, 1.165) is 31.4 Å². The molecule has 2 aromatic carbocycles. The molecule has 184 valence electrons. The predicted octanol–water partition coefficient (Wildman–Crippen LogP) is 2.99. The fourth-order valence-corrected chi connectivity index (χ4v) is 5.58. The van der Waals surface area contributed by atoms with Crippen LogP contribution < -0.4 is 15.0 Å². The first kappa shape index (κ1) is 24.4. The number of rotatable bonds is 7. The van der Waals surface area contributed by atoms with Gasteiger partial charge in [-0.25, -0.2) is 17.2 Å². The molecular weight excluding hydrogens is 468 g/mol. The van der Waals surface area contributed by atoms with Gasteiger partial charge in [0, 0.05) is 32.2 Å². The maximum atomic E-state index is 13.8. The van der Waals surface area contributed by atoms with Crippen LogP contribution in [0.4, 0.5) is 20.2 Å². The normalized spacial score (nSPS) is 17.4. The number of anilines is 2. The second-order valence-corrected chi connectivity index (χ2v) is 10.1. The largest absolute Gasteiger partial charge is 0.481 e. The fraction of sp³-hybridized carbons (Fsp3) is 0.435. The molecule has 0 aliphatic carbocycles. The molecule has 8 nitrogen and oxygen atoms in total. The van der Waals surface area contributed by atoms with Crippen LogP contribution >= 0.6 is 0 Å². The third-order valence-electron chi connectivity index (χ3n) is 5.80. The van der Waals surface area contributed by atoms with E-state index in [1.807, 2.05) is 4.90 Å². The Bertz CT molecular complexity index is 1130. The number of sulfonamides is 1. The Labute approximate surface area is 197 Å². The summed E-state index contributed by atoms with van der Waals surface area (Å²) in [5, 5.41) is 2.70. The van der Waals surface area contributed by atoms with E-state index in [1.54, 1.807) is 12.1 Å². The number of hydrogen-bond acceptors (Lipinski definition) is 6. The number of piperidine rings is 1. The van der Waals surface area contributed by atoms with Crippen molar-refractivity contribution in [3.63, 3.8) is 0 Å². The average Bonchev–Trinajstić information content (AvgIpc) is 2.84. The van der Waals surface area contributed by atoms with E-state index in [9.17, 15) is 22.0 Å². The highest BCUT2D eigenvalue weighted by Gasteiger charge is 2.27. The third kappa shape index (κ3) is 5.65. The number of hydrogen-bond donors (Lipinski definition) is 1. The highest BCUT2D eigenvalue weighted by atomic mass is 32.2. The van der Waals surface area contributed by atoms with Gasteiger partial charge in [0.15, 0.2) is 18.2 Å². The van der Waals surface area contributed by atoms with E-state index in [-0.39, 0.29) is 10.6 Å². The van der Waals surface area contributed by atoms with Crippen molar-refractivity contribution < 1.29 is 31.5 Å². The van der Waals surface area contributed by atoms with Gasteiger partial charge in [-0.2, -0.15) is 4.31 Å². The first-order chi connectivity index (χ1) is 16.3. The zero-order valence-corrected chi connectivity index (χ0v) is 19.5. The van der Waals surface area contributed by atoms with Crippen LogP contribution in [-0.4, -0.2) is 64.6 Å². The number of carbonyl (C=O) groups excluding carboxylic acids is 1. The summed E-state index contributed by atoms with van der Waals surface area (Å²) in [7, 11) is -3.71. The Balaban J connectivity index is 1.56. The van der Waals surface area contributed by atoms with Crippen molar-refractivity contribution in [2.45, 2.75) is 24.2 Å². The highest BCUT2D eigenvalue weighted by Crippen LogP contribution is 2.31. The lowest BCUT2D eigenvalue weighted by atomic mass is 10.2. The van der Waals surface area contributed by atoms with Crippen LogP contribution in [0.1, 0.15) is 19.3 Å². The first-order valence-electron chi connectivity index (χ1n) is 11.2. The van der Waals surface area contributed by atoms with Crippen LogP contribution in [0.15, 0.2) is 41.3 Å². The minimum atomic E-state index is -3.71. The van der Waals surface area contributed by atoms with Gasteiger partial charge in [-0.15, -0.1) is 0 Å². The van der Waals surface area contributed by atoms with Crippen molar-refractivity contribution in [1.29, 1.82) is 0 Å². The molecule has 0 radical (unpaired) electrons. The summed E-state index contributed by atoms with van der Waals surface area (Å²) in [6.07, 6.45) is 2.62. The van der Waals surface area contributed by atoms with Crippen molar-refractivity contribution >= 4 is 27.3 Å². The molecule has 0 bridgehead atoms. The molecule has 2 aliphatic heterocycles. The highest BCUT2D eigenvalue weighted by molar-refractivity contribution is 7.89. The molecule has 0 saturated carbocycles. The molecule has 2 aliphatic rings. The lowest BCUT2D eigenvalue weighted by Crippen LogP contribution is -2.37. The molecule has 0 aromatic heterocycles. The maximum Gasteiger partial charge on any atom is 0.262 e. The number of nitrogens with zero attached hydrogens (tertiary/aromatic N) is 2. The summed E-state index contributed by atoms with van der Waals surface area (Å²) in [6.45, 7) is 2.58. The molecule has 0 spiro atoms. The zero-order valence-electron chi connectivity index (χ0n) is 18.6. The molecule has 2 aromatic rings. The van der Waals surface area contributed by atoms with Gasteiger partial charge >= 0.3 is 0 Å². The van der Waals surface area contributed by atoms with Crippen molar-refractivity contribution in [3.05, 3.63) is 48.0 Å². The van der Waals surface area contributed by atoms with E-state index in [2.05, 4.69) is 5.32 Å². The number of ether oxygens (including phenoxy) is 2. The number of benzene rings is 2. The van der Waals surface area contributed by atoms with Crippen molar-refractivity contribution in [2.24, 2.45) is 0 Å². The molecule has 2 saturated heterocycles. The van der Waals surface area contributed by atoms with Crippen LogP contribution in [0.25, 0.3) is 0 Å². The second kappa shape index (κ2) is 10.7. The van der Waals surface area contributed by atoms with Crippen LogP contribution in [0.2, 0.25) is 0 Å². The van der Waals surface area contributed by atoms with Gasteiger partial charge in [0.2, 0.25) is 10.0 Å². The second-order valence-electron chi connectivity index (χ2n) is 8.15. The summed E-state index contributed by atoms with van der Waals surface area (Å²) in [5.41, 5.74) is 0.968. The number of nitrogens with one attached hydrogen (secondary N) is 1. The van der Waals surface area contributed by atoms with Gasteiger partial charge in [-0.3, -0.25) is 4.79 Å². The molecule has 4 rings (SSSR count). The van der Waals surface area contributed by atoms with Gasteiger partial charge in [-0.1, -0.05) is 6.42 Å². The van der Waals surface area contributed by atoms with Gasteiger partial charge < -0.3 is 19.7 Å². The van der Waals surface area contributed by atoms with Crippen LogP contribution in [0, 0.1) is 11.6 Å². The maximum absolute atomic E-state index is 13.8. The van der Waals surface area contributed by atoms with E-state index >= 15 is 0 Å². The molecule has 0 atom stereocenters. The number of amides is 1. The quantitative estimate of drug-likeness (QED) is 0.636. The van der Waals surface area contributed by atoms with E-state index in [4.69, 9.17) is 9.47 Å². The number of carbonyl (C=O) groups is 1. The Kier molecular flexibility index (Phi) is 7.64. The smallest absolute Gasteiger partial charge is 0.262 e. The van der Waals surface area contributed by atoms with Crippen LogP contribution in [0.3, 0.4) is 0 Å². The molecule has 2 fully saturated rings. The van der Waals surface area contributed by atoms with E-state index < -0.39 is 34.2 Å². The summed E-state index contributed by atoms with van der Waals surface area (Å²) < 4.78 is 65.3.